The van der Waals surface area contributed by atoms with Gasteiger partial charge in [0.1, 0.15) is 0 Å². The molecule has 112 valence electrons. The van der Waals surface area contributed by atoms with E-state index in [4.69, 9.17) is 0 Å². The third kappa shape index (κ3) is 3.49. The summed E-state index contributed by atoms with van der Waals surface area (Å²) in [4.78, 5) is 23.4. The summed E-state index contributed by atoms with van der Waals surface area (Å²) in [6.45, 7) is 3.40. The summed E-state index contributed by atoms with van der Waals surface area (Å²) < 4.78 is 2.61. The van der Waals surface area contributed by atoms with Gasteiger partial charge in [0, 0.05) is 32.4 Å². The average molecular weight is 287 g/mol. The predicted octanol–water partition coefficient (Wildman–Crippen LogP) is 0.725. The fraction of sp³-hybridized carbons (Fsp3) is 0.375. The van der Waals surface area contributed by atoms with Gasteiger partial charge in [-0.3, -0.25) is 13.9 Å². The van der Waals surface area contributed by atoms with Crippen LogP contribution < -0.4 is 16.6 Å². The number of aromatic nitrogens is 2. The second-order valence-electron chi connectivity index (χ2n) is 5.23. The van der Waals surface area contributed by atoms with Gasteiger partial charge in [-0.05, 0) is 31.0 Å². The van der Waals surface area contributed by atoms with Gasteiger partial charge >= 0.3 is 5.69 Å². The van der Waals surface area contributed by atoms with Gasteiger partial charge in [-0.2, -0.15) is 0 Å². The van der Waals surface area contributed by atoms with Crippen molar-refractivity contribution in [2.75, 3.05) is 6.54 Å². The molecule has 1 heterocycles. The number of nitrogens with one attached hydrogen (secondary N) is 1. The molecule has 0 atom stereocenters. The number of rotatable bonds is 5. The number of aryl methyl sites for hydroxylation is 1. The summed E-state index contributed by atoms with van der Waals surface area (Å²) in [5, 5.41) is 3.28. The smallest absolute Gasteiger partial charge is 0.311 e. The SMILES string of the molecule is Cc1ccccc1CCNCc1cc(=O)n(C)c(=O)n1C. The van der Waals surface area contributed by atoms with E-state index in [1.165, 1.54) is 28.8 Å². The zero-order valence-corrected chi connectivity index (χ0v) is 12.7. The highest BCUT2D eigenvalue weighted by molar-refractivity contribution is 5.25. The maximum atomic E-state index is 11.8. The average Bonchev–Trinajstić information content (AvgIpc) is 2.48. The molecule has 2 aromatic rings. The Balaban J connectivity index is 1.97. The summed E-state index contributed by atoms with van der Waals surface area (Å²) in [5.74, 6) is 0. The Bertz CT molecular complexity index is 744. The van der Waals surface area contributed by atoms with Gasteiger partial charge in [0.25, 0.3) is 5.56 Å². The third-order valence-electron chi connectivity index (χ3n) is 3.76. The van der Waals surface area contributed by atoms with Crippen LogP contribution in [-0.2, 0) is 27.1 Å². The van der Waals surface area contributed by atoms with Gasteiger partial charge < -0.3 is 5.32 Å². The molecule has 0 amide bonds. The minimum atomic E-state index is -0.293. The molecule has 0 aliphatic rings. The predicted molar refractivity (Wildman–Crippen MR) is 83.5 cm³/mol. The Morgan fingerprint density at radius 2 is 1.81 bits per heavy atom. The summed E-state index contributed by atoms with van der Waals surface area (Å²) in [6.07, 6.45) is 0.922. The van der Waals surface area contributed by atoms with Gasteiger partial charge in [0.2, 0.25) is 0 Å². The Kier molecular flexibility index (Phi) is 4.75. The molecular weight excluding hydrogens is 266 g/mol. The highest BCUT2D eigenvalue weighted by Gasteiger charge is 2.05. The highest BCUT2D eigenvalue weighted by atomic mass is 16.2. The van der Waals surface area contributed by atoms with Crippen LogP contribution in [0.1, 0.15) is 16.8 Å². The first kappa shape index (κ1) is 15.3. The van der Waals surface area contributed by atoms with Crippen LogP contribution in [-0.4, -0.2) is 15.7 Å². The standard InChI is InChI=1S/C16H21N3O2/c1-12-6-4-5-7-13(12)8-9-17-11-14-10-15(20)19(3)16(21)18(14)2/h4-7,10,17H,8-9,11H2,1-3H3. The molecule has 0 bridgehead atoms. The Morgan fingerprint density at radius 3 is 2.52 bits per heavy atom. The minimum absolute atomic E-state index is 0.270. The monoisotopic (exact) mass is 287 g/mol. The summed E-state index contributed by atoms with van der Waals surface area (Å²) in [7, 11) is 3.17. The molecular formula is C16H21N3O2. The quantitative estimate of drug-likeness (QED) is 0.825. The van der Waals surface area contributed by atoms with Gasteiger partial charge in [-0.25, -0.2) is 4.79 Å². The number of hydrogen-bond acceptors (Lipinski definition) is 3. The van der Waals surface area contributed by atoms with Gasteiger partial charge in [-0.1, -0.05) is 24.3 Å². The number of nitrogens with zero attached hydrogens (tertiary/aromatic N) is 2. The molecule has 0 fully saturated rings. The minimum Gasteiger partial charge on any atom is -0.311 e. The van der Waals surface area contributed by atoms with E-state index < -0.39 is 0 Å². The van der Waals surface area contributed by atoms with E-state index in [0.29, 0.717) is 12.2 Å². The molecule has 5 heteroatoms. The molecule has 0 spiro atoms. The molecule has 0 aliphatic heterocycles. The molecule has 0 aliphatic carbocycles. The fourth-order valence-electron chi connectivity index (χ4n) is 2.28. The highest BCUT2D eigenvalue weighted by Crippen LogP contribution is 2.06. The summed E-state index contributed by atoms with van der Waals surface area (Å²) >= 11 is 0. The second-order valence-corrected chi connectivity index (χ2v) is 5.23. The number of hydrogen-bond donors (Lipinski definition) is 1. The largest absolute Gasteiger partial charge is 0.330 e. The molecule has 21 heavy (non-hydrogen) atoms. The van der Waals surface area contributed by atoms with Crippen molar-refractivity contribution in [3.8, 4) is 0 Å². The molecule has 1 aromatic carbocycles. The van der Waals surface area contributed by atoms with Crippen molar-refractivity contribution in [1.29, 1.82) is 0 Å². The second kappa shape index (κ2) is 6.54. The topological polar surface area (TPSA) is 56.0 Å². The van der Waals surface area contributed by atoms with Crippen LogP contribution in [0.2, 0.25) is 0 Å². The third-order valence-corrected chi connectivity index (χ3v) is 3.76. The first-order chi connectivity index (χ1) is 10.0. The number of benzene rings is 1. The van der Waals surface area contributed by atoms with Crippen LogP contribution in [0.4, 0.5) is 0 Å². The lowest BCUT2D eigenvalue weighted by atomic mass is 10.1. The normalized spacial score (nSPS) is 10.8. The Morgan fingerprint density at radius 1 is 1.10 bits per heavy atom. The lowest BCUT2D eigenvalue weighted by Gasteiger charge is -2.11. The molecule has 0 saturated carbocycles. The van der Waals surface area contributed by atoms with Crippen LogP contribution in [0.15, 0.2) is 39.9 Å². The lowest BCUT2D eigenvalue weighted by Crippen LogP contribution is -2.39. The van der Waals surface area contributed by atoms with Crippen molar-refractivity contribution in [2.45, 2.75) is 19.9 Å². The Hall–Kier alpha value is -2.14. The zero-order valence-electron chi connectivity index (χ0n) is 12.7. The van der Waals surface area contributed by atoms with Gasteiger partial charge in [0.05, 0.1) is 0 Å². The van der Waals surface area contributed by atoms with E-state index in [9.17, 15) is 9.59 Å². The van der Waals surface area contributed by atoms with Crippen LogP contribution in [0.3, 0.4) is 0 Å². The fourth-order valence-corrected chi connectivity index (χ4v) is 2.28. The zero-order chi connectivity index (χ0) is 15.4. The van der Waals surface area contributed by atoms with Crippen molar-refractivity contribution in [2.24, 2.45) is 14.1 Å². The van der Waals surface area contributed by atoms with Crippen molar-refractivity contribution < 1.29 is 0 Å². The Labute approximate surface area is 123 Å². The van der Waals surface area contributed by atoms with Crippen LogP contribution in [0, 0.1) is 6.92 Å². The lowest BCUT2D eigenvalue weighted by molar-refractivity contribution is 0.601. The maximum absolute atomic E-state index is 11.8. The van der Waals surface area contributed by atoms with E-state index in [0.717, 1.165) is 17.5 Å². The van der Waals surface area contributed by atoms with E-state index in [-0.39, 0.29) is 11.2 Å². The summed E-state index contributed by atoms with van der Waals surface area (Å²) in [5.41, 5.74) is 2.73. The maximum Gasteiger partial charge on any atom is 0.330 e. The van der Waals surface area contributed by atoms with Crippen molar-refractivity contribution >= 4 is 0 Å². The van der Waals surface area contributed by atoms with E-state index in [1.807, 2.05) is 12.1 Å². The first-order valence-electron chi connectivity index (χ1n) is 7.02. The summed E-state index contributed by atoms with van der Waals surface area (Å²) in [6, 6.07) is 9.78. The van der Waals surface area contributed by atoms with Gasteiger partial charge in [-0.15, -0.1) is 0 Å². The van der Waals surface area contributed by atoms with E-state index in [1.54, 1.807) is 7.05 Å². The molecule has 0 radical (unpaired) electrons. The van der Waals surface area contributed by atoms with Crippen LogP contribution in [0.25, 0.3) is 0 Å². The molecule has 0 unspecified atom stereocenters. The van der Waals surface area contributed by atoms with Gasteiger partial charge in [0.15, 0.2) is 0 Å². The molecule has 2 rings (SSSR count). The van der Waals surface area contributed by atoms with Crippen molar-refractivity contribution in [1.82, 2.24) is 14.5 Å². The van der Waals surface area contributed by atoms with E-state index >= 15 is 0 Å². The molecule has 5 nitrogen and oxygen atoms in total. The van der Waals surface area contributed by atoms with Crippen molar-refractivity contribution in [3.05, 3.63) is 68.0 Å². The molecule has 0 saturated heterocycles. The van der Waals surface area contributed by atoms with Crippen LogP contribution in [0.5, 0.6) is 0 Å². The first-order valence-corrected chi connectivity index (χ1v) is 7.02. The van der Waals surface area contributed by atoms with Crippen molar-refractivity contribution in [3.63, 3.8) is 0 Å². The van der Waals surface area contributed by atoms with E-state index in [2.05, 4.69) is 24.4 Å². The van der Waals surface area contributed by atoms with Crippen LogP contribution >= 0.6 is 0 Å². The molecule has 1 N–H and O–H groups in total. The molecule has 1 aromatic heterocycles.